The number of nitrogens with zero attached hydrogens (tertiary/aromatic N) is 4. The molecule has 2 aliphatic rings. The average molecular weight is 681 g/mol. The molecule has 3 aromatic rings. The van der Waals surface area contributed by atoms with Crippen LogP contribution in [0.4, 0.5) is 16.2 Å². The number of carbonyl (C=O) groups excluding carboxylic acids is 3. The third-order valence-electron chi connectivity index (χ3n) is 8.46. The molecule has 0 unspecified atom stereocenters. The SMILES string of the molecule is CCCN(CCC)C(=O)C1=Cc2ccc(C(=O)Nc3cnc4c(c3)CN(Cc3ccc(C(=O)NCCN)cc3)CC4)cc2N=C(NC(=O)O)C1. The Kier molecular flexibility index (Phi) is 12.1. The van der Waals surface area contributed by atoms with Gasteiger partial charge in [0.05, 0.1) is 17.6 Å². The van der Waals surface area contributed by atoms with E-state index in [0.717, 1.165) is 42.6 Å². The standard InChI is InChI=1S/C37H44N8O5/c1-3-14-45(15-4-2)36(48)28-17-26-9-10-27(19-32(26)42-33(20-28)43-37(49)50)35(47)41-30-18-29-23-44(16-11-31(29)40-21-30)22-24-5-7-25(8-6-24)34(46)39-13-12-38/h5-10,17-19,21H,3-4,11-16,20,22-23,38H2,1-2H3,(H,39,46)(H,41,47)(H,42,43)(H,49,50). The van der Waals surface area contributed by atoms with Crippen LogP contribution in [0.2, 0.25) is 0 Å². The molecular formula is C37H44N8O5. The van der Waals surface area contributed by atoms with Crippen LogP contribution in [-0.2, 0) is 24.3 Å². The van der Waals surface area contributed by atoms with Gasteiger partial charge in [0.1, 0.15) is 5.84 Å². The van der Waals surface area contributed by atoms with Crippen molar-refractivity contribution in [2.45, 2.75) is 52.6 Å². The van der Waals surface area contributed by atoms with E-state index in [1.807, 2.05) is 44.2 Å². The number of aromatic nitrogens is 1. The molecule has 0 spiro atoms. The van der Waals surface area contributed by atoms with E-state index in [9.17, 15) is 24.3 Å². The molecule has 262 valence electrons. The van der Waals surface area contributed by atoms with E-state index in [-0.39, 0.29) is 30.0 Å². The van der Waals surface area contributed by atoms with E-state index in [4.69, 9.17) is 5.73 Å². The Balaban J connectivity index is 1.29. The number of carbonyl (C=O) groups is 4. The lowest BCUT2D eigenvalue weighted by atomic mass is 10.0. The zero-order chi connectivity index (χ0) is 35.6. The second-order valence-electron chi connectivity index (χ2n) is 12.4. The smallest absolute Gasteiger partial charge is 0.410 e. The maximum Gasteiger partial charge on any atom is 0.410 e. The van der Waals surface area contributed by atoms with E-state index in [0.29, 0.717) is 72.9 Å². The Hall–Kier alpha value is -5.40. The van der Waals surface area contributed by atoms with Crippen molar-refractivity contribution >= 4 is 47.1 Å². The second-order valence-corrected chi connectivity index (χ2v) is 12.4. The molecule has 3 heterocycles. The number of benzene rings is 2. The summed E-state index contributed by atoms with van der Waals surface area (Å²) in [4.78, 5) is 63.9. The molecule has 0 bridgehead atoms. The number of fused-ring (bicyclic) bond motifs is 2. The molecule has 2 aromatic carbocycles. The molecule has 6 N–H and O–H groups in total. The number of nitrogens with two attached hydrogens (primary N) is 1. The highest BCUT2D eigenvalue weighted by Gasteiger charge is 2.24. The molecule has 2 aliphatic heterocycles. The van der Waals surface area contributed by atoms with Crippen LogP contribution in [0.25, 0.3) is 6.08 Å². The number of amidine groups is 1. The fourth-order valence-corrected chi connectivity index (χ4v) is 6.10. The number of hydrogen-bond acceptors (Lipinski definition) is 8. The number of anilines is 1. The largest absolute Gasteiger partial charge is 0.465 e. The lowest BCUT2D eigenvalue weighted by Crippen LogP contribution is -2.36. The molecule has 5 rings (SSSR count). The number of rotatable bonds is 12. The summed E-state index contributed by atoms with van der Waals surface area (Å²) in [6.07, 6.45) is 4.47. The van der Waals surface area contributed by atoms with Crippen molar-refractivity contribution in [3.63, 3.8) is 0 Å². The van der Waals surface area contributed by atoms with Crippen molar-refractivity contribution in [3.8, 4) is 0 Å². The summed E-state index contributed by atoms with van der Waals surface area (Å²) in [6.45, 7) is 8.19. The van der Waals surface area contributed by atoms with Gasteiger partial charge in [0.25, 0.3) is 11.8 Å². The van der Waals surface area contributed by atoms with Gasteiger partial charge < -0.3 is 26.4 Å². The van der Waals surface area contributed by atoms with Crippen LogP contribution in [0.15, 0.2) is 65.3 Å². The van der Waals surface area contributed by atoms with E-state index < -0.39 is 6.09 Å². The molecule has 50 heavy (non-hydrogen) atoms. The van der Waals surface area contributed by atoms with Crippen LogP contribution < -0.4 is 21.7 Å². The van der Waals surface area contributed by atoms with Crippen molar-refractivity contribution in [1.29, 1.82) is 0 Å². The van der Waals surface area contributed by atoms with Gasteiger partial charge in [-0.1, -0.05) is 32.0 Å². The molecular weight excluding hydrogens is 636 g/mol. The molecule has 4 amide bonds. The third-order valence-corrected chi connectivity index (χ3v) is 8.46. The zero-order valence-electron chi connectivity index (χ0n) is 28.5. The maximum absolute atomic E-state index is 13.5. The highest BCUT2D eigenvalue weighted by atomic mass is 16.4. The molecule has 0 radical (unpaired) electrons. The van der Waals surface area contributed by atoms with E-state index >= 15 is 0 Å². The fraction of sp³-hybridized carbons (Fsp3) is 0.351. The van der Waals surface area contributed by atoms with Gasteiger partial charge in [-0.3, -0.25) is 29.6 Å². The Morgan fingerprint density at radius 2 is 1.70 bits per heavy atom. The molecule has 0 fully saturated rings. The summed E-state index contributed by atoms with van der Waals surface area (Å²) in [6, 6.07) is 14.4. The lowest BCUT2D eigenvalue weighted by molar-refractivity contribution is -0.127. The number of aliphatic imine (C=N–C) groups is 1. The quantitative estimate of drug-likeness (QED) is 0.188. The van der Waals surface area contributed by atoms with Gasteiger partial charge in [-0.15, -0.1) is 0 Å². The van der Waals surface area contributed by atoms with Gasteiger partial charge in [-0.2, -0.15) is 0 Å². The monoisotopic (exact) mass is 680 g/mol. The van der Waals surface area contributed by atoms with Crippen molar-refractivity contribution in [2.75, 3.05) is 38.0 Å². The van der Waals surface area contributed by atoms with E-state index in [2.05, 4.69) is 30.8 Å². The summed E-state index contributed by atoms with van der Waals surface area (Å²) in [5.74, 6) is -0.578. The van der Waals surface area contributed by atoms with Crippen LogP contribution >= 0.6 is 0 Å². The van der Waals surface area contributed by atoms with Crippen molar-refractivity contribution in [2.24, 2.45) is 10.7 Å². The number of nitrogens with one attached hydrogen (secondary N) is 3. The first-order chi connectivity index (χ1) is 24.2. The summed E-state index contributed by atoms with van der Waals surface area (Å²) in [7, 11) is 0. The first kappa shape index (κ1) is 35.9. The number of hydrogen-bond donors (Lipinski definition) is 5. The minimum Gasteiger partial charge on any atom is -0.465 e. The van der Waals surface area contributed by atoms with Gasteiger partial charge in [0, 0.05) is 86.6 Å². The van der Waals surface area contributed by atoms with Gasteiger partial charge in [0.2, 0.25) is 5.91 Å². The molecule has 0 atom stereocenters. The van der Waals surface area contributed by atoms with Gasteiger partial charge in [-0.25, -0.2) is 9.79 Å². The van der Waals surface area contributed by atoms with E-state index in [1.54, 1.807) is 35.4 Å². The zero-order valence-corrected chi connectivity index (χ0v) is 28.5. The maximum atomic E-state index is 13.5. The Morgan fingerprint density at radius 3 is 2.40 bits per heavy atom. The summed E-state index contributed by atoms with van der Waals surface area (Å²) >= 11 is 0. The predicted octanol–water partition coefficient (Wildman–Crippen LogP) is 4.31. The molecule has 13 heteroatoms. The van der Waals surface area contributed by atoms with Crippen molar-refractivity contribution in [1.82, 2.24) is 25.4 Å². The van der Waals surface area contributed by atoms with Gasteiger partial charge >= 0.3 is 6.09 Å². The first-order valence-corrected chi connectivity index (χ1v) is 17.0. The lowest BCUT2D eigenvalue weighted by Gasteiger charge is -2.28. The Morgan fingerprint density at radius 1 is 0.960 bits per heavy atom. The molecule has 0 saturated heterocycles. The minimum atomic E-state index is -1.29. The highest BCUT2D eigenvalue weighted by Crippen LogP contribution is 2.30. The highest BCUT2D eigenvalue weighted by molar-refractivity contribution is 6.09. The normalized spacial score (nSPS) is 13.9. The summed E-state index contributed by atoms with van der Waals surface area (Å²) in [5, 5.41) is 17.5. The van der Waals surface area contributed by atoms with Gasteiger partial charge in [-0.05, 0) is 60.4 Å². The number of pyridine rings is 1. The van der Waals surface area contributed by atoms with Crippen LogP contribution in [0.5, 0.6) is 0 Å². The Labute approximate surface area is 291 Å². The van der Waals surface area contributed by atoms with Crippen LogP contribution in [0.1, 0.15) is 76.2 Å². The Bertz CT molecular complexity index is 1800. The van der Waals surface area contributed by atoms with Crippen molar-refractivity contribution in [3.05, 3.63) is 93.8 Å². The van der Waals surface area contributed by atoms with Crippen molar-refractivity contribution < 1.29 is 24.3 Å². The second kappa shape index (κ2) is 16.8. The van der Waals surface area contributed by atoms with Crippen LogP contribution in [0.3, 0.4) is 0 Å². The fourth-order valence-electron chi connectivity index (χ4n) is 6.10. The average Bonchev–Trinajstić information content (AvgIpc) is 3.28. The molecule has 0 aliphatic carbocycles. The topological polar surface area (TPSA) is 182 Å². The third kappa shape index (κ3) is 9.18. The van der Waals surface area contributed by atoms with Gasteiger partial charge in [0.15, 0.2) is 0 Å². The molecule has 13 nitrogen and oxygen atoms in total. The first-order valence-electron chi connectivity index (χ1n) is 17.0. The number of amides is 4. The van der Waals surface area contributed by atoms with Crippen LogP contribution in [0, 0.1) is 0 Å². The molecule has 1 aromatic heterocycles. The number of carboxylic acid groups (broad SMARTS) is 1. The summed E-state index contributed by atoms with van der Waals surface area (Å²) in [5.41, 5.74) is 11.4. The summed E-state index contributed by atoms with van der Waals surface area (Å²) < 4.78 is 0. The van der Waals surface area contributed by atoms with E-state index in [1.165, 1.54) is 0 Å². The minimum absolute atomic E-state index is 0.0147. The van der Waals surface area contributed by atoms with Crippen LogP contribution in [-0.4, -0.2) is 82.3 Å². The predicted molar refractivity (Wildman–Crippen MR) is 192 cm³/mol. The molecule has 0 saturated carbocycles.